The summed E-state index contributed by atoms with van der Waals surface area (Å²) in [6, 6.07) is 3.87. The van der Waals surface area contributed by atoms with Crippen LogP contribution >= 0.6 is 0 Å². The zero-order valence-corrected chi connectivity index (χ0v) is 11.1. The van der Waals surface area contributed by atoms with Crippen molar-refractivity contribution in [2.45, 2.75) is 13.3 Å². The van der Waals surface area contributed by atoms with Crippen LogP contribution in [-0.4, -0.2) is 32.7 Å². The van der Waals surface area contributed by atoms with Crippen molar-refractivity contribution in [1.29, 1.82) is 0 Å². The molecule has 0 spiro atoms. The van der Waals surface area contributed by atoms with Crippen LogP contribution in [0.1, 0.15) is 22.1 Å². The number of aromatic nitrogens is 2. The average Bonchev–Trinajstić information content (AvgIpc) is 2.84. The number of benzene rings is 1. The van der Waals surface area contributed by atoms with Crippen molar-refractivity contribution < 1.29 is 19.3 Å². The summed E-state index contributed by atoms with van der Waals surface area (Å²) in [6.45, 7) is 1.90. The molecule has 2 N–H and O–H groups in total. The Balaban J connectivity index is 2.17. The summed E-state index contributed by atoms with van der Waals surface area (Å²) in [5.41, 5.74) is -0.492. The molecule has 2 aromatic rings. The Morgan fingerprint density at radius 1 is 1.52 bits per heavy atom. The number of carboxylic acids is 1. The van der Waals surface area contributed by atoms with Gasteiger partial charge in [-0.25, -0.2) is 4.79 Å². The van der Waals surface area contributed by atoms with Gasteiger partial charge in [0, 0.05) is 19.0 Å². The summed E-state index contributed by atoms with van der Waals surface area (Å²) in [6.07, 6.45) is 0.325. The van der Waals surface area contributed by atoms with Crippen LogP contribution in [0.15, 0.2) is 22.7 Å². The van der Waals surface area contributed by atoms with Gasteiger partial charge in [-0.15, -0.1) is 0 Å². The predicted octanol–water partition coefficient (Wildman–Crippen LogP) is 1.64. The lowest BCUT2D eigenvalue weighted by Crippen LogP contribution is -2.11. The van der Waals surface area contributed by atoms with E-state index in [0.717, 1.165) is 0 Å². The van der Waals surface area contributed by atoms with Crippen molar-refractivity contribution in [3.63, 3.8) is 0 Å². The van der Waals surface area contributed by atoms with Crippen LogP contribution in [0.4, 0.5) is 11.4 Å². The van der Waals surface area contributed by atoms with Crippen molar-refractivity contribution in [2.24, 2.45) is 0 Å². The van der Waals surface area contributed by atoms with Gasteiger partial charge < -0.3 is 14.9 Å². The fraction of sp³-hybridized carbons (Fsp3) is 0.250. The fourth-order valence-corrected chi connectivity index (χ4v) is 1.79. The van der Waals surface area contributed by atoms with Crippen molar-refractivity contribution in [1.82, 2.24) is 10.1 Å². The van der Waals surface area contributed by atoms with E-state index in [1.165, 1.54) is 18.2 Å². The number of para-hydroxylation sites is 1. The number of anilines is 1. The summed E-state index contributed by atoms with van der Waals surface area (Å²) in [5.74, 6) is -0.382. The lowest BCUT2D eigenvalue weighted by molar-refractivity contribution is -0.384. The Morgan fingerprint density at radius 2 is 2.29 bits per heavy atom. The van der Waals surface area contributed by atoms with E-state index < -0.39 is 10.9 Å². The summed E-state index contributed by atoms with van der Waals surface area (Å²) in [5, 5.41) is 26.4. The molecule has 0 aliphatic heterocycles. The van der Waals surface area contributed by atoms with Crippen LogP contribution in [0.3, 0.4) is 0 Å². The molecule has 0 amide bonds. The van der Waals surface area contributed by atoms with E-state index in [2.05, 4.69) is 15.5 Å². The van der Waals surface area contributed by atoms with E-state index in [4.69, 9.17) is 9.63 Å². The third-order valence-corrected chi connectivity index (χ3v) is 2.68. The zero-order chi connectivity index (χ0) is 15.4. The van der Waals surface area contributed by atoms with Crippen molar-refractivity contribution in [3.8, 4) is 0 Å². The second-order valence-corrected chi connectivity index (χ2v) is 4.17. The highest BCUT2D eigenvalue weighted by Gasteiger charge is 2.21. The third kappa shape index (κ3) is 3.32. The molecule has 110 valence electrons. The van der Waals surface area contributed by atoms with Gasteiger partial charge in [0.25, 0.3) is 5.69 Å². The number of aromatic carboxylic acids is 1. The van der Waals surface area contributed by atoms with Crippen molar-refractivity contribution in [2.75, 3.05) is 11.9 Å². The maximum Gasteiger partial charge on any atom is 0.338 e. The molecule has 9 nitrogen and oxygen atoms in total. The molecular weight excluding hydrogens is 280 g/mol. The highest BCUT2D eigenvalue weighted by molar-refractivity contribution is 5.96. The molecular formula is C12H12N4O5. The molecule has 1 aromatic carbocycles. The number of nitrogens with zero attached hydrogens (tertiary/aromatic N) is 3. The number of carboxylic acid groups (broad SMARTS) is 1. The number of rotatable bonds is 6. The van der Waals surface area contributed by atoms with Crippen molar-refractivity contribution >= 4 is 17.3 Å². The van der Waals surface area contributed by atoms with E-state index in [0.29, 0.717) is 18.1 Å². The molecule has 0 aliphatic carbocycles. The molecule has 0 radical (unpaired) electrons. The van der Waals surface area contributed by atoms with E-state index in [-0.39, 0.29) is 23.5 Å². The Bertz CT molecular complexity index is 650. The SMILES string of the molecule is Cc1noc(CCNc2c(C(=O)O)cccc2[N+](=O)[O-])n1. The smallest absolute Gasteiger partial charge is 0.338 e. The first-order valence-electron chi connectivity index (χ1n) is 6.03. The molecule has 21 heavy (non-hydrogen) atoms. The first-order valence-corrected chi connectivity index (χ1v) is 6.03. The Hall–Kier alpha value is -2.97. The Labute approximate surface area is 118 Å². The molecule has 1 heterocycles. The number of hydrogen-bond acceptors (Lipinski definition) is 7. The highest BCUT2D eigenvalue weighted by atomic mass is 16.6. The monoisotopic (exact) mass is 292 g/mol. The van der Waals surface area contributed by atoms with Gasteiger partial charge in [-0.05, 0) is 13.0 Å². The summed E-state index contributed by atoms with van der Waals surface area (Å²) in [4.78, 5) is 25.5. The number of hydrogen-bond donors (Lipinski definition) is 2. The lowest BCUT2D eigenvalue weighted by atomic mass is 10.1. The van der Waals surface area contributed by atoms with Gasteiger partial charge in [0.2, 0.25) is 5.89 Å². The fourth-order valence-electron chi connectivity index (χ4n) is 1.79. The van der Waals surface area contributed by atoms with Crippen LogP contribution in [0, 0.1) is 17.0 Å². The summed E-state index contributed by atoms with van der Waals surface area (Å²) in [7, 11) is 0. The molecule has 0 aliphatic rings. The standard InChI is InChI=1S/C12H12N4O5/c1-7-14-10(21-15-7)5-6-13-11-8(12(17)18)3-2-4-9(11)16(19)20/h2-4,13H,5-6H2,1H3,(H,17,18). The summed E-state index contributed by atoms with van der Waals surface area (Å²) >= 11 is 0. The minimum absolute atomic E-state index is 0.0359. The average molecular weight is 292 g/mol. The predicted molar refractivity (Wildman–Crippen MR) is 71.3 cm³/mol. The van der Waals surface area contributed by atoms with Gasteiger partial charge in [0.1, 0.15) is 5.69 Å². The number of aryl methyl sites for hydroxylation is 1. The number of nitro benzene ring substituents is 1. The van der Waals surface area contributed by atoms with Gasteiger partial charge in [0.05, 0.1) is 10.5 Å². The minimum Gasteiger partial charge on any atom is -0.478 e. The molecule has 0 saturated heterocycles. The normalized spacial score (nSPS) is 10.3. The van der Waals surface area contributed by atoms with E-state index in [1.807, 2.05) is 0 Å². The van der Waals surface area contributed by atoms with Gasteiger partial charge in [-0.3, -0.25) is 10.1 Å². The van der Waals surface area contributed by atoms with Gasteiger partial charge in [-0.1, -0.05) is 11.2 Å². The number of carbonyl (C=O) groups is 1. The maximum atomic E-state index is 11.1. The van der Waals surface area contributed by atoms with Crippen molar-refractivity contribution in [3.05, 3.63) is 45.6 Å². The third-order valence-electron chi connectivity index (χ3n) is 2.68. The number of nitro groups is 1. The maximum absolute atomic E-state index is 11.1. The topological polar surface area (TPSA) is 131 Å². The lowest BCUT2D eigenvalue weighted by Gasteiger charge is -2.08. The van der Waals surface area contributed by atoms with Crippen LogP contribution in [-0.2, 0) is 6.42 Å². The Morgan fingerprint density at radius 3 is 2.86 bits per heavy atom. The van der Waals surface area contributed by atoms with Crippen LogP contribution < -0.4 is 5.32 Å². The largest absolute Gasteiger partial charge is 0.478 e. The van der Waals surface area contributed by atoms with E-state index >= 15 is 0 Å². The molecule has 0 bridgehead atoms. The van der Waals surface area contributed by atoms with Crippen LogP contribution in [0.25, 0.3) is 0 Å². The first-order chi connectivity index (χ1) is 9.99. The molecule has 0 atom stereocenters. The molecule has 0 unspecified atom stereocenters. The van der Waals surface area contributed by atoms with E-state index in [9.17, 15) is 14.9 Å². The van der Waals surface area contributed by atoms with Crippen LogP contribution in [0.5, 0.6) is 0 Å². The minimum atomic E-state index is -1.24. The summed E-state index contributed by atoms with van der Waals surface area (Å²) < 4.78 is 4.91. The van der Waals surface area contributed by atoms with Gasteiger partial charge in [0.15, 0.2) is 5.82 Å². The first kappa shape index (κ1) is 14.4. The second-order valence-electron chi connectivity index (χ2n) is 4.17. The molecule has 1 aromatic heterocycles. The number of nitrogens with one attached hydrogen (secondary N) is 1. The molecule has 9 heteroatoms. The molecule has 0 fully saturated rings. The van der Waals surface area contributed by atoms with Gasteiger partial charge in [-0.2, -0.15) is 4.98 Å². The van der Waals surface area contributed by atoms with E-state index in [1.54, 1.807) is 6.92 Å². The Kier molecular flexibility index (Phi) is 4.12. The second kappa shape index (κ2) is 5.99. The van der Waals surface area contributed by atoms with Gasteiger partial charge >= 0.3 is 5.97 Å². The zero-order valence-electron chi connectivity index (χ0n) is 11.1. The highest BCUT2D eigenvalue weighted by Crippen LogP contribution is 2.28. The quantitative estimate of drug-likeness (QED) is 0.606. The molecule has 0 saturated carbocycles. The molecule has 2 rings (SSSR count). The van der Waals surface area contributed by atoms with Crippen LogP contribution in [0.2, 0.25) is 0 Å².